The second-order valence-corrected chi connectivity index (χ2v) is 5.17. The van der Waals surface area contributed by atoms with Crippen LogP contribution >= 0.6 is 11.6 Å². The Morgan fingerprint density at radius 3 is 2.75 bits per heavy atom. The van der Waals surface area contributed by atoms with Gasteiger partial charge in [-0.05, 0) is 55.0 Å². The fourth-order valence-corrected chi connectivity index (χ4v) is 2.25. The first kappa shape index (κ1) is 12.8. The molecule has 0 unspecified atom stereocenters. The number of nitrogens with two attached hydrogens (primary N) is 1. The van der Waals surface area contributed by atoms with Crippen molar-refractivity contribution in [3.63, 3.8) is 0 Å². The average Bonchev–Trinajstić information content (AvgIpc) is 2.43. The maximum absolute atomic E-state index is 6.02. The van der Waals surface area contributed by atoms with E-state index < -0.39 is 0 Å². The van der Waals surface area contributed by atoms with Crippen LogP contribution in [0.4, 0.5) is 17.2 Å². The van der Waals surface area contributed by atoms with Crippen LogP contribution < -0.4 is 11.1 Å². The lowest BCUT2D eigenvalue weighted by atomic mass is 10.2. The van der Waals surface area contributed by atoms with E-state index >= 15 is 0 Å². The SMILES string of the molecule is Cc1ccc(Cl)cc1Nc1ccc2cc(N)ccc2n1. The monoisotopic (exact) mass is 283 g/mol. The molecule has 2 aromatic carbocycles. The summed E-state index contributed by atoms with van der Waals surface area (Å²) in [7, 11) is 0. The molecule has 3 aromatic rings. The number of anilines is 3. The van der Waals surface area contributed by atoms with E-state index in [1.54, 1.807) is 0 Å². The minimum absolute atomic E-state index is 0.701. The van der Waals surface area contributed by atoms with E-state index in [1.165, 1.54) is 0 Å². The first-order chi connectivity index (χ1) is 9.61. The van der Waals surface area contributed by atoms with Crippen molar-refractivity contribution in [2.75, 3.05) is 11.1 Å². The Balaban J connectivity index is 1.98. The molecule has 20 heavy (non-hydrogen) atoms. The second-order valence-electron chi connectivity index (χ2n) is 4.73. The minimum atomic E-state index is 0.701. The van der Waals surface area contributed by atoms with Gasteiger partial charge in [-0.25, -0.2) is 4.98 Å². The van der Waals surface area contributed by atoms with Gasteiger partial charge in [0.25, 0.3) is 0 Å². The zero-order chi connectivity index (χ0) is 14.1. The zero-order valence-corrected chi connectivity index (χ0v) is 11.8. The number of pyridine rings is 1. The number of aromatic nitrogens is 1. The van der Waals surface area contributed by atoms with Crippen LogP contribution in [0.15, 0.2) is 48.5 Å². The number of benzene rings is 2. The van der Waals surface area contributed by atoms with E-state index in [0.717, 1.165) is 33.7 Å². The number of nitrogens with one attached hydrogen (secondary N) is 1. The molecule has 0 radical (unpaired) electrons. The molecule has 0 fully saturated rings. The third-order valence-corrected chi connectivity index (χ3v) is 3.41. The predicted octanol–water partition coefficient (Wildman–Crippen LogP) is 4.52. The van der Waals surface area contributed by atoms with E-state index in [0.29, 0.717) is 5.02 Å². The van der Waals surface area contributed by atoms with Gasteiger partial charge in [0.2, 0.25) is 0 Å². The van der Waals surface area contributed by atoms with Gasteiger partial charge in [-0.2, -0.15) is 0 Å². The Bertz CT molecular complexity index is 784. The highest BCUT2D eigenvalue weighted by atomic mass is 35.5. The highest BCUT2D eigenvalue weighted by Crippen LogP contribution is 2.25. The third kappa shape index (κ3) is 2.53. The molecule has 0 saturated heterocycles. The summed E-state index contributed by atoms with van der Waals surface area (Å²) >= 11 is 6.02. The van der Waals surface area contributed by atoms with Gasteiger partial charge in [0.05, 0.1) is 5.52 Å². The number of nitrogens with zero attached hydrogens (tertiary/aromatic N) is 1. The fourth-order valence-electron chi connectivity index (χ4n) is 2.08. The number of aryl methyl sites for hydroxylation is 1. The van der Waals surface area contributed by atoms with Crippen molar-refractivity contribution in [3.05, 3.63) is 59.1 Å². The highest BCUT2D eigenvalue weighted by molar-refractivity contribution is 6.30. The van der Waals surface area contributed by atoms with Crippen molar-refractivity contribution in [1.82, 2.24) is 4.98 Å². The molecule has 0 saturated carbocycles. The number of hydrogen-bond donors (Lipinski definition) is 2. The average molecular weight is 284 g/mol. The Labute approximate surface area is 122 Å². The van der Waals surface area contributed by atoms with Gasteiger partial charge in [0.15, 0.2) is 0 Å². The number of hydrogen-bond acceptors (Lipinski definition) is 3. The van der Waals surface area contributed by atoms with Crippen LogP contribution in [-0.4, -0.2) is 4.98 Å². The smallest absolute Gasteiger partial charge is 0.131 e. The lowest BCUT2D eigenvalue weighted by molar-refractivity contribution is 1.35. The lowest BCUT2D eigenvalue weighted by Crippen LogP contribution is -1.96. The van der Waals surface area contributed by atoms with Crippen LogP contribution in [-0.2, 0) is 0 Å². The van der Waals surface area contributed by atoms with E-state index in [4.69, 9.17) is 17.3 Å². The van der Waals surface area contributed by atoms with Crippen LogP contribution in [0.5, 0.6) is 0 Å². The summed E-state index contributed by atoms with van der Waals surface area (Å²) in [5, 5.41) is 5.02. The van der Waals surface area contributed by atoms with E-state index in [2.05, 4.69) is 10.3 Å². The Hall–Kier alpha value is -2.26. The van der Waals surface area contributed by atoms with Crippen molar-refractivity contribution < 1.29 is 0 Å². The molecular weight excluding hydrogens is 270 g/mol. The van der Waals surface area contributed by atoms with Crippen molar-refractivity contribution in [2.45, 2.75) is 6.92 Å². The summed E-state index contributed by atoms with van der Waals surface area (Å²) in [4.78, 5) is 4.57. The quantitative estimate of drug-likeness (QED) is 0.680. The van der Waals surface area contributed by atoms with Crippen LogP contribution in [0, 0.1) is 6.92 Å². The summed E-state index contributed by atoms with van der Waals surface area (Å²) < 4.78 is 0. The van der Waals surface area contributed by atoms with Crippen LogP contribution in [0.2, 0.25) is 5.02 Å². The number of rotatable bonds is 2. The molecular formula is C16H14ClN3. The van der Waals surface area contributed by atoms with Crippen LogP contribution in [0.25, 0.3) is 10.9 Å². The first-order valence-corrected chi connectivity index (χ1v) is 6.69. The predicted molar refractivity (Wildman–Crippen MR) is 85.6 cm³/mol. The second kappa shape index (κ2) is 5.02. The first-order valence-electron chi connectivity index (χ1n) is 6.31. The van der Waals surface area contributed by atoms with Gasteiger partial charge in [0.1, 0.15) is 5.82 Å². The maximum atomic E-state index is 6.02. The molecule has 1 aromatic heterocycles. The van der Waals surface area contributed by atoms with Gasteiger partial charge in [0, 0.05) is 21.8 Å². The summed E-state index contributed by atoms with van der Waals surface area (Å²) in [5.74, 6) is 0.785. The molecule has 0 aliphatic carbocycles. The summed E-state index contributed by atoms with van der Waals surface area (Å²) in [6.45, 7) is 2.03. The summed E-state index contributed by atoms with van der Waals surface area (Å²) in [5.41, 5.74) is 9.49. The molecule has 0 aliphatic rings. The fraction of sp³-hybridized carbons (Fsp3) is 0.0625. The molecule has 0 atom stereocenters. The molecule has 0 bridgehead atoms. The standard InChI is InChI=1S/C16H14ClN3/c1-10-2-4-12(17)9-15(10)20-16-7-3-11-8-13(18)5-6-14(11)19-16/h2-9H,18H2,1H3,(H,19,20). The molecule has 1 heterocycles. The van der Waals surface area contributed by atoms with Crippen LogP contribution in [0.3, 0.4) is 0 Å². The van der Waals surface area contributed by atoms with Gasteiger partial charge in [-0.3, -0.25) is 0 Å². The minimum Gasteiger partial charge on any atom is -0.399 e. The largest absolute Gasteiger partial charge is 0.399 e. The van der Waals surface area contributed by atoms with Gasteiger partial charge >= 0.3 is 0 Å². The van der Waals surface area contributed by atoms with Crippen molar-refractivity contribution in [2.24, 2.45) is 0 Å². The molecule has 100 valence electrons. The van der Waals surface area contributed by atoms with Gasteiger partial charge < -0.3 is 11.1 Å². The molecule has 3 rings (SSSR count). The van der Waals surface area contributed by atoms with E-state index in [9.17, 15) is 0 Å². The summed E-state index contributed by atoms with van der Waals surface area (Å²) in [6.07, 6.45) is 0. The number of fused-ring (bicyclic) bond motifs is 1. The molecule has 3 nitrogen and oxygen atoms in total. The third-order valence-electron chi connectivity index (χ3n) is 3.18. The Morgan fingerprint density at radius 1 is 1.05 bits per heavy atom. The van der Waals surface area contributed by atoms with Crippen molar-refractivity contribution in [3.8, 4) is 0 Å². The topological polar surface area (TPSA) is 50.9 Å². The molecule has 0 spiro atoms. The highest BCUT2D eigenvalue weighted by Gasteiger charge is 2.03. The molecule has 0 aliphatic heterocycles. The molecule has 0 amide bonds. The Kier molecular flexibility index (Phi) is 3.20. The van der Waals surface area contributed by atoms with E-state index in [1.807, 2.05) is 55.5 Å². The Morgan fingerprint density at radius 2 is 1.90 bits per heavy atom. The maximum Gasteiger partial charge on any atom is 0.131 e. The van der Waals surface area contributed by atoms with E-state index in [-0.39, 0.29) is 0 Å². The number of halogens is 1. The van der Waals surface area contributed by atoms with Crippen molar-refractivity contribution >= 4 is 39.7 Å². The van der Waals surface area contributed by atoms with Gasteiger partial charge in [-0.1, -0.05) is 17.7 Å². The zero-order valence-electron chi connectivity index (χ0n) is 11.0. The van der Waals surface area contributed by atoms with Gasteiger partial charge in [-0.15, -0.1) is 0 Å². The lowest BCUT2D eigenvalue weighted by Gasteiger charge is -2.10. The normalized spacial score (nSPS) is 10.7. The van der Waals surface area contributed by atoms with Crippen molar-refractivity contribution in [1.29, 1.82) is 0 Å². The molecule has 3 N–H and O–H groups in total. The molecule has 4 heteroatoms. The van der Waals surface area contributed by atoms with Crippen LogP contribution in [0.1, 0.15) is 5.56 Å². The summed E-state index contributed by atoms with van der Waals surface area (Å²) in [6, 6.07) is 15.4. The number of nitrogen functional groups attached to an aromatic ring is 1.